The number of hydrogen-bond donors (Lipinski definition) is 1. The Morgan fingerprint density at radius 3 is 2.63 bits per heavy atom. The standard InChI is InChI=1S/C18H29N/c1-5-9-19-13-18(11-16(12-18)14(2)3)17-8-6-7-15(4)10-17/h6-8,10,14,16,19H,5,9,11-13H2,1-4H3. The van der Waals surface area contributed by atoms with Crippen LogP contribution in [0.4, 0.5) is 0 Å². The largest absolute Gasteiger partial charge is 0.316 e. The second-order valence-electron chi connectivity index (χ2n) is 6.74. The molecule has 1 saturated carbocycles. The van der Waals surface area contributed by atoms with Crippen molar-refractivity contribution in [1.82, 2.24) is 5.32 Å². The predicted molar refractivity (Wildman–Crippen MR) is 83.6 cm³/mol. The van der Waals surface area contributed by atoms with Crippen LogP contribution in [0.3, 0.4) is 0 Å². The van der Waals surface area contributed by atoms with Gasteiger partial charge in [-0.05, 0) is 50.1 Å². The van der Waals surface area contributed by atoms with Gasteiger partial charge in [0.25, 0.3) is 0 Å². The lowest BCUT2D eigenvalue weighted by atomic mass is 9.55. The van der Waals surface area contributed by atoms with Crippen molar-refractivity contribution in [3.05, 3.63) is 35.4 Å². The van der Waals surface area contributed by atoms with Crippen LogP contribution in [0.25, 0.3) is 0 Å². The maximum Gasteiger partial charge on any atom is 0.00833 e. The van der Waals surface area contributed by atoms with E-state index in [0.717, 1.165) is 24.9 Å². The van der Waals surface area contributed by atoms with Crippen LogP contribution in [-0.2, 0) is 5.41 Å². The number of aryl methyl sites for hydroxylation is 1. The van der Waals surface area contributed by atoms with Gasteiger partial charge < -0.3 is 5.32 Å². The average molecular weight is 259 g/mol. The van der Waals surface area contributed by atoms with Crippen molar-refractivity contribution in [2.75, 3.05) is 13.1 Å². The molecule has 1 aliphatic carbocycles. The van der Waals surface area contributed by atoms with Crippen LogP contribution in [0, 0.1) is 18.8 Å². The first-order chi connectivity index (χ1) is 9.07. The molecule has 0 amide bonds. The van der Waals surface area contributed by atoms with Crippen molar-refractivity contribution in [2.45, 2.75) is 52.4 Å². The van der Waals surface area contributed by atoms with E-state index in [2.05, 4.69) is 57.3 Å². The van der Waals surface area contributed by atoms with Gasteiger partial charge in [0.05, 0.1) is 0 Å². The zero-order chi connectivity index (χ0) is 13.9. The molecule has 0 atom stereocenters. The first-order valence-electron chi connectivity index (χ1n) is 7.85. The summed E-state index contributed by atoms with van der Waals surface area (Å²) in [5.74, 6) is 1.73. The topological polar surface area (TPSA) is 12.0 Å². The number of rotatable bonds is 6. The van der Waals surface area contributed by atoms with Crippen LogP contribution in [-0.4, -0.2) is 13.1 Å². The van der Waals surface area contributed by atoms with E-state index >= 15 is 0 Å². The van der Waals surface area contributed by atoms with Crippen molar-refractivity contribution in [3.63, 3.8) is 0 Å². The molecule has 0 radical (unpaired) electrons. The lowest BCUT2D eigenvalue weighted by Crippen LogP contribution is -2.50. The molecule has 1 fully saturated rings. The normalized spacial score (nSPS) is 26.5. The Hall–Kier alpha value is -0.820. The van der Waals surface area contributed by atoms with Gasteiger partial charge in [0.2, 0.25) is 0 Å². The molecule has 1 nitrogen and oxygen atoms in total. The van der Waals surface area contributed by atoms with Crippen molar-refractivity contribution in [2.24, 2.45) is 11.8 Å². The van der Waals surface area contributed by atoms with Crippen LogP contribution in [0.5, 0.6) is 0 Å². The zero-order valence-electron chi connectivity index (χ0n) is 13.0. The van der Waals surface area contributed by atoms with Gasteiger partial charge in [0, 0.05) is 12.0 Å². The van der Waals surface area contributed by atoms with Crippen LogP contribution >= 0.6 is 0 Å². The van der Waals surface area contributed by atoms with Crippen LogP contribution < -0.4 is 5.32 Å². The van der Waals surface area contributed by atoms with Gasteiger partial charge in [0.15, 0.2) is 0 Å². The third kappa shape index (κ3) is 3.20. The molecule has 106 valence electrons. The minimum Gasteiger partial charge on any atom is -0.316 e. The Bertz CT molecular complexity index is 402. The molecule has 1 aliphatic rings. The number of hydrogen-bond acceptors (Lipinski definition) is 1. The average Bonchev–Trinajstić information content (AvgIpc) is 2.32. The molecule has 0 aromatic heterocycles. The van der Waals surface area contributed by atoms with E-state index in [4.69, 9.17) is 0 Å². The van der Waals surface area contributed by atoms with E-state index in [1.165, 1.54) is 24.8 Å². The summed E-state index contributed by atoms with van der Waals surface area (Å²) >= 11 is 0. The third-order valence-corrected chi connectivity index (χ3v) is 4.77. The molecule has 1 aromatic rings. The second-order valence-corrected chi connectivity index (χ2v) is 6.74. The van der Waals surface area contributed by atoms with Gasteiger partial charge in [-0.15, -0.1) is 0 Å². The molecule has 0 saturated heterocycles. The Morgan fingerprint density at radius 1 is 1.32 bits per heavy atom. The first-order valence-corrected chi connectivity index (χ1v) is 7.85. The van der Waals surface area contributed by atoms with E-state index in [-0.39, 0.29) is 0 Å². The summed E-state index contributed by atoms with van der Waals surface area (Å²) in [5.41, 5.74) is 3.34. The molecule has 1 heteroatoms. The first kappa shape index (κ1) is 14.6. The highest BCUT2D eigenvalue weighted by Gasteiger charge is 2.45. The molecular weight excluding hydrogens is 230 g/mol. The van der Waals surface area contributed by atoms with Gasteiger partial charge in [-0.2, -0.15) is 0 Å². The lowest BCUT2D eigenvalue weighted by molar-refractivity contribution is 0.0978. The highest BCUT2D eigenvalue weighted by atomic mass is 14.9. The van der Waals surface area contributed by atoms with Crippen LogP contribution in [0.2, 0.25) is 0 Å². The maximum absolute atomic E-state index is 3.66. The Kier molecular flexibility index (Phi) is 4.67. The maximum atomic E-state index is 3.66. The fourth-order valence-electron chi connectivity index (χ4n) is 3.38. The summed E-state index contributed by atoms with van der Waals surface area (Å²) in [4.78, 5) is 0. The third-order valence-electron chi connectivity index (χ3n) is 4.77. The summed E-state index contributed by atoms with van der Waals surface area (Å²) in [6.45, 7) is 11.5. The van der Waals surface area contributed by atoms with E-state index in [9.17, 15) is 0 Å². The Morgan fingerprint density at radius 2 is 2.05 bits per heavy atom. The van der Waals surface area contributed by atoms with E-state index in [0.29, 0.717) is 5.41 Å². The SMILES string of the molecule is CCCNCC1(c2cccc(C)c2)CC(C(C)C)C1. The molecule has 1 N–H and O–H groups in total. The molecule has 2 rings (SSSR count). The zero-order valence-corrected chi connectivity index (χ0v) is 13.0. The molecule has 19 heavy (non-hydrogen) atoms. The van der Waals surface area contributed by atoms with Crippen LogP contribution in [0.15, 0.2) is 24.3 Å². The Balaban J connectivity index is 2.12. The molecule has 0 heterocycles. The highest BCUT2D eigenvalue weighted by Crippen LogP contribution is 2.50. The fraction of sp³-hybridized carbons (Fsp3) is 0.667. The van der Waals surface area contributed by atoms with Crippen molar-refractivity contribution >= 4 is 0 Å². The van der Waals surface area contributed by atoms with Crippen molar-refractivity contribution in [1.29, 1.82) is 0 Å². The molecule has 0 aliphatic heterocycles. The van der Waals surface area contributed by atoms with E-state index in [1.54, 1.807) is 5.56 Å². The van der Waals surface area contributed by atoms with Gasteiger partial charge >= 0.3 is 0 Å². The molecule has 0 spiro atoms. The lowest BCUT2D eigenvalue weighted by Gasteiger charge is -2.50. The molecule has 0 bridgehead atoms. The summed E-state index contributed by atoms with van der Waals surface area (Å²) in [5, 5.41) is 3.66. The molecule has 0 unspecified atom stereocenters. The van der Waals surface area contributed by atoms with E-state index < -0.39 is 0 Å². The molecular formula is C18H29N. The fourth-order valence-corrected chi connectivity index (χ4v) is 3.38. The number of benzene rings is 1. The summed E-state index contributed by atoms with van der Waals surface area (Å²) < 4.78 is 0. The Labute approximate surface area is 118 Å². The smallest absolute Gasteiger partial charge is 0.00833 e. The highest BCUT2D eigenvalue weighted by molar-refractivity contribution is 5.33. The summed E-state index contributed by atoms with van der Waals surface area (Å²) in [7, 11) is 0. The monoisotopic (exact) mass is 259 g/mol. The summed E-state index contributed by atoms with van der Waals surface area (Å²) in [6.07, 6.45) is 3.92. The second kappa shape index (κ2) is 6.09. The van der Waals surface area contributed by atoms with Gasteiger partial charge in [-0.25, -0.2) is 0 Å². The number of nitrogens with one attached hydrogen (secondary N) is 1. The quantitative estimate of drug-likeness (QED) is 0.751. The summed E-state index contributed by atoms with van der Waals surface area (Å²) in [6, 6.07) is 9.14. The van der Waals surface area contributed by atoms with Gasteiger partial charge in [-0.3, -0.25) is 0 Å². The minimum absolute atomic E-state index is 0.399. The minimum atomic E-state index is 0.399. The van der Waals surface area contributed by atoms with Crippen LogP contribution in [0.1, 0.15) is 51.2 Å². The van der Waals surface area contributed by atoms with Gasteiger partial charge in [0.1, 0.15) is 0 Å². The van der Waals surface area contributed by atoms with Crippen molar-refractivity contribution in [3.8, 4) is 0 Å². The van der Waals surface area contributed by atoms with Crippen molar-refractivity contribution < 1.29 is 0 Å². The van der Waals surface area contributed by atoms with E-state index in [1.807, 2.05) is 0 Å². The predicted octanol–water partition coefficient (Wildman–Crippen LogP) is 4.30. The molecule has 1 aromatic carbocycles. The van der Waals surface area contributed by atoms with Gasteiger partial charge in [-0.1, -0.05) is 50.6 Å².